The number of carbonyl (C=O) groups is 2. The van der Waals surface area contributed by atoms with Gasteiger partial charge in [-0.2, -0.15) is 0 Å². The number of esters is 1. The second kappa shape index (κ2) is 7.28. The molecule has 168 valence electrons. The van der Waals surface area contributed by atoms with Crippen molar-refractivity contribution in [2.45, 2.75) is 85.0 Å². The summed E-state index contributed by atoms with van der Waals surface area (Å²) in [5, 5.41) is 10.8. The molecular weight excluding hydrogens is 388 g/mol. The Morgan fingerprint density at radius 3 is 2.55 bits per heavy atom. The molecule has 3 aliphatic carbocycles. The Hall–Kier alpha value is -1.97. The van der Waals surface area contributed by atoms with Crippen LogP contribution in [0.4, 0.5) is 0 Å². The molecule has 0 aromatic heterocycles. The van der Waals surface area contributed by atoms with E-state index in [1.54, 1.807) is 0 Å². The SMILES string of the molecule is [CH2+]C(CC(=O)[O-])C(=O)Oc1cc(C)c2c(c1)C[C@H]1[C@@]2(C)CCC2C(C)(C)CCC[C@@]21C. The molecule has 2 saturated carbocycles. The molecule has 0 N–H and O–H groups in total. The summed E-state index contributed by atoms with van der Waals surface area (Å²) >= 11 is 0. The summed E-state index contributed by atoms with van der Waals surface area (Å²) in [4.78, 5) is 23.1. The van der Waals surface area contributed by atoms with Crippen molar-refractivity contribution >= 4 is 11.9 Å². The average Bonchev–Trinajstić information content (AvgIpc) is 2.94. The predicted molar refractivity (Wildman–Crippen MR) is 118 cm³/mol. The van der Waals surface area contributed by atoms with Gasteiger partial charge in [0, 0.05) is 12.4 Å². The molecule has 4 nitrogen and oxygen atoms in total. The lowest BCUT2D eigenvalue weighted by atomic mass is 9.43. The zero-order valence-corrected chi connectivity index (χ0v) is 19.7. The first-order valence-corrected chi connectivity index (χ1v) is 11.8. The smallest absolute Gasteiger partial charge is 0.360 e. The molecule has 3 aliphatic rings. The van der Waals surface area contributed by atoms with E-state index in [0.717, 1.165) is 12.3 Å². The number of ether oxygens (including phenoxy) is 1. The van der Waals surface area contributed by atoms with E-state index in [9.17, 15) is 14.7 Å². The van der Waals surface area contributed by atoms with Gasteiger partial charge in [-0.15, -0.1) is 0 Å². The molecule has 0 heterocycles. The second-order valence-corrected chi connectivity index (χ2v) is 11.6. The van der Waals surface area contributed by atoms with E-state index < -0.39 is 24.3 Å². The Balaban J connectivity index is 1.65. The van der Waals surface area contributed by atoms with Crippen LogP contribution < -0.4 is 9.84 Å². The highest BCUT2D eigenvalue weighted by Crippen LogP contribution is 2.67. The fourth-order valence-corrected chi connectivity index (χ4v) is 7.97. The maximum Gasteiger partial charge on any atom is 0.360 e. The zero-order chi connectivity index (χ0) is 22.8. The highest BCUT2D eigenvalue weighted by molar-refractivity contribution is 5.80. The Labute approximate surface area is 186 Å². The van der Waals surface area contributed by atoms with E-state index in [2.05, 4.69) is 41.5 Å². The monoisotopic (exact) mass is 424 g/mol. The number of rotatable bonds is 4. The Morgan fingerprint density at radius 2 is 1.87 bits per heavy atom. The Bertz CT molecular complexity index is 916. The van der Waals surface area contributed by atoms with Gasteiger partial charge in [0.2, 0.25) is 0 Å². The van der Waals surface area contributed by atoms with Crippen LogP contribution in [0.5, 0.6) is 5.75 Å². The van der Waals surface area contributed by atoms with Crippen molar-refractivity contribution in [2.75, 3.05) is 0 Å². The van der Waals surface area contributed by atoms with E-state index in [1.807, 2.05) is 12.1 Å². The van der Waals surface area contributed by atoms with Gasteiger partial charge in [-0.1, -0.05) is 34.1 Å². The summed E-state index contributed by atoms with van der Waals surface area (Å²) in [6.45, 7) is 15.6. The minimum Gasteiger partial charge on any atom is -0.550 e. The topological polar surface area (TPSA) is 66.4 Å². The van der Waals surface area contributed by atoms with Crippen LogP contribution in [0.25, 0.3) is 0 Å². The largest absolute Gasteiger partial charge is 0.550 e. The number of benzene rings is 1. The summed E-state index contributed by atoms with van der Waals surface area (Å²) in [6.07, 6.45) is 6.99. The van der Waals surface area contributed by atoms with Gasteiger partial charge >= 0.3 is 5.97 Å². The van der Waals surface area contributed by atoms with E-state index in [1.165, 1.54) is 48.8 Å². The van der Waals surface area contributed by atoms with Gasteiger partial charge in [0.25, 0.3) is 0 Å². The molecule has 2 fully saturated rings. The standard InChI is InChI=1S/C27H36O4/c1-16-12-19(31-24(30)17(2)13-22(28)29)14-18-15-21-26(5)10-7-9-25(3,4)20(26)8-11-27(21,6)23(16)18/h12,14,17,20-21H,2,7-11,13,15H2,1,3-6H3/t17?,20?,21-,26+,27-/m1/s1. The molecule has 2 unspecified atom stereocenters. The molecule has 0 aliphatic heterocycles. The van der Waals surface area contributed by atoms with E-state index >= 15 is 0 Å². The minimum absolute atomic E-state index is 0.157. The van der Waals surface area contributed by atoms with Crippen molar-refractivity contribution in [1.82, 2.24) is 0 Å². The van der Waals surface area contributed by atoms with Crippen LogP contribution >= 0.6 is 0 Å². The third kappa shape index (κ3) is 3.47. The third-order valence-electron chi connectivity index (χ3n) is 9.14. The molecule has 0 bridgehead atoms. The van der Waals surface area contributed by atoms with Gasteiger partial charge in [0.1, 0.15) is 5.75 Å². The first kappa shape index (κ1) is 22.2. The van der Waals surface area contributed by atoms with Gasteiger partial charge in [-0.25, -0.2) is 4.79 Å². The fourth-order valence-electron chi connectivity index (χ4n) is 7.97. The molecule has 4 heteroatoms. The van der Waals surface area contributed by atoms with Crippen LogP contribution in [-0.2, 0) is 21.4 Å². The number of carboxylic acid groups (broad SMARTS) is 1. The maximum atomic E-state index is 12.3. The van der Waals surface area contributed by atoms with Crippen molar-refractivity contribution in [3.63, 3.8) is 0 Å². The van der Waals surface area contributed by atoms with Gasteiger partial charge in [-0.05, 0) is 95.9 Å². The number of carboxylic acids is 1. The molecule has 0 radical (unpaired) electrons. The molecule has 0 amide bonds. The van der Waals surface area contributed by atoms with Gasteiger partial charge < -0.3 is 14.6 Å². The number of hydrogen-bond acceptors (Lipinski definition) is 4. The summed E-state index contributed by atoms with van der Waals surface area (Å²) < 4.78 is 5.54. The van der Waals surface area contributed by atoms with Crippen LogP contribution in [0.1, 0.15) is 82.9 Å². The van der Waals surface area contributed by atoms with Gasteiger partial charge in [-0.3, -0.25) is 0 Å². The number of fused-ring (bicyclic) bond motifs is 5. The van der Waals surface area contributed by atoms with Crippen LogP contribution in [0.3, 0.4) is 0 Å². The molecular formula is C27H36O4. The van der Waals surface area contributed by atoms with Crippen molar-refractivity contribution < 1.29 is 19.4 Å². The first-order chi connectivity index (χ1) is 14.4. The van der Waals surface area contributed by atoms with Crippen molar-refractivity contribution in [1.29, 1.82) is 0 Å². The molecule has 0 saturated heterocycles. The molecule has 1 aromatic carbocycles. The fraction of sp³-hybridized carbons (Fsp3) is 0.667. The number of carbonyl (C=O) groups excluding carboxylic acids is 2. The van der Waals surface area contributed by atoms with Crippen molar-refractivity contribution in [3.8, 4) is 5.75 Å². The van der Waals surface area contributed by atoms with E-state index in [4.69, 9.17) is 4.74 Å². The van der Waals surface area contributed by atoms with Crippen LogP contribution in [0, 0.1) is 42.4 Å². The van der Waals surface area contributed by atoms with Crippen molar-refractivity contribution in [2.24, 2.45) is 28.6 Å². The number of aryl methyl sites for hydroxylation is 1. The summed E-state index contributed by atoms with van der Waals surface area (Å²) in [7, 11) is 0. The first-order valence-electron chi connectivity index (χ1n) is 11.8. The average molecular weight is 425 g/mol. The lowest BCUT2D eigenvalue weighted by Crippen LogP contribution is -2.55. The Kier molecular flexibility index (Phi) is 5.22. The molecule has 1 aromatic rings. The predicted octanol–water partition coefficient (Wildman–Crippen LogP) is 4.55. The van der Waals surface area contributed by atoms with E-state index in [0.29, 0.717) is 22.5 Å². The van der Waals surface area contributed by atoms with Gasteiger partial charge in [0.05, 0.1) is 6.92 Å². The summed E-state index contributed by atoms with van der Waals surface area (Å²) in [5.41, 5.74) is 4.78. The van der Waals surface area contributed by atoms with Crippen LogP contribution in [-0.4, -0.2) is 11.9 Å². The lowest BCUT2D eigenvalue weighted by molar-refractivity contribution is -0.306. The normalized spacial score (nSPS) is 34.2. The number of hydrogen-bond donors (Lipinski definition) is 0. The highest BCUT2D eigenvalue weighted by Gasteiger charge is 2.61. The lowest BCUT2D eigenvalue weighted by Gasteiger charge is -2.61. The van der Waals surface area contributed by atoms with Crippen molar-refractivity contribution in [3.05, 3.63) is 35.7 Å². The van der Waals surface area contributed by atoms with Crippen LogP contribution in [0.2, 0.25) is 0 Å². The molecule has 31 heavy (non-hydrogen) atoms. The van der Waals surface area contributed by atoms with Gasteiger partial charge in [0.15, 0.2) is 5.92 Å². The maximum absolute atomic E-state index is 12.3. The highest BCUT2D eigenvalue weighted by atomic mass is 16.5. The summed E-state index contributed by atoms with van der Waals surface area (Å²) in [6, 6.07) is 3.96. The minimum atomic E-state index is -1.29. The molecule has 0 spiro atoms. The van der Waals surface area contributed by atoms with E-state index in [-0.39, 0.29) is 5.41 Å². The number of aliphatic carboxylic acids is 1. The molecule has 4 rings (SSSR count). The Morgan fingerprint density at radius 1 is 1.16 bits per heavy atom. The molecule has 5 atom stereocenters. The second-order valence-electron chi connectivity index (χ2n) is 11.6. The quantitative estimate of drug-likeness (QED) is 0.404. The summed E-state index contributed by atoms with van der Waals surface area (Å²) in [5.74, 6) is -1.04. The zero-order valence-electron chi connectivity index (χ0n) is 19.7. The van der Waals surface area contributed by atoms with Crippen LogP contribution in [0.15, 0.2) is 12.1 Å². The third-order valence-corrected chi connectivity index (χ3v) is 9.14.